The van der Waals surface area contributed by atoms with Gasteiger partial charge in [0.25, 0.3) is 0 Å². The zero-order valence-corrected chi connectivity index (χ0v) is 15.3. The first-order valence-electron chi connectivity index (χ1n) is 8.43. The number of Topliss-reactive ketones (excluding diaryl/α,β-unsaturated/α-hetero) is 1. The first kappa shape index (κ1) is 17.5. The third kappa shape index (κ3) is 3.93. The van der Waals surface area contributed by atoms with Crippen LogP contribution >= 0.6 is 0 Å². The number of hydrogen-bond donors (Lipinski definition) is 1. The molecule has 0 aliphatic heterocycles. The van der Waals surface area contributed by atoms with Crippen molar-refractivity contribution in [3.05, 3.63) is 52.1 Å². The molecule has 0 atom stereocenters. The topological polar surface area (TPSA) is 29.1 Å². The molecule has 0 unspecified atom stereocenters. The Bertz CT molecular complexity index is 677. The maximum atomic E-state index is 11.3. The van der Waals surface area contributed by atoms with Crippen molar-refractivity contribution in [2.75, 3.05) is 12.4 Å². The quantitative estimate of drug-likeness (QED) is 0.614. The summed E-state index contributed by atoms with van der Waals surface area (Å²) in [5, 5.41) is 3.34. The van der Waals surface area contributed by atoms with Crippen LogP contribution in [0.1, 0.15) is 57.7 Å². The normalized spacial score (nSPS) is 17.1. The number of aryl methyl sites for hydroxylation is 1. The number of benzene rings is 1. The van der Waals surface area contributed by atoms with E-state index in [0.29, 0.717) is 0 Å². The Morgan fingerprint density at radius 1 is 1.22 bits per heavy atom. The van der Waals surface area contributed by atoms with Crippen molar-refractivity contribution in [1.29, 1.82) is 0 Å². The van der Waals surface area contributed by atoms with E-state index in [1.165, 1.54) is 40.8 Å². The minimum atomic E-state index is 0.129. The van der Waals surface area contributed by atoms with Crippen LogP contribution in [0.4, 0.5) is 5.69 Å². The standard InChI is InChI=1S/C21H29NO/c1-14(7-8-15(2)16(3)23)11-18-12-19-17(13-20(18)22-6)9-10-21(19,4)5/h7-8,12-13,22H,9-11H2,1-6H3/b14-7+,15-8+. The number of ketones is 1. The maximum Gasteiger partial charge on any atom is 0.155 e. The van der Waals surface area contributed by atoms with Gasteiger partial charge in [-0.2, -0.15) is 0 Å². The number of nitrogens with one attached hydrogen (secondary N) is 1. The van der Waals surface area contributed by atoms with E-state index in [1.807, 2.05) is 20.0 Å². The Hall–Kier alpha value is -1.83. The number of hydrogen-bond acceptors (Lipinski definition) is 2. The highest BCUT2D eigenvalue weighted by molar-refractivity contribution is 5.92. The molecule has 1 aromatic carbocycles. The first-order valence-corrected chi connectivity index (χ1v) is 8.43. The SMILES string of the molecule is CNc1cc2c(cc1C/C(C)=C/C=C(\C)C(C)=O)C(C)(C)CC2. The second-order valence-corrected chi connectivity index (χ2v) is 7.40. The summed E-state index contributed by atoms with van der Waals surface area (Å²) in [6.45, 7) is 10.3. The van der Waals surface area contributed by atoms with Gasteiger partial charge in [0.05, 0.1) is 0 Å². The van der Waals surface area contributed by atoms with Crippen LogP contribution in [0.25, 0.3) is 0 Å². The molecule has 124 valence electrons. The smallest absolute Gasteiger partial charge is 0.155 e. The van der Waals surface area contributed by atoms with Crippen LogP contribution in [-0.4, -0.2) is 12.8 Å². The van der Waals surface area contributed by atoms with Gasteiger partial charge < -0.3 is 5.32 Å². The largest absolute Gasteiger partial charge is 0.388 e. The molecule has 0 radical (unpaired) electrons. The van der Waals surface area contributed by atoms with Crippen LogP contribution in [0.15, 0.2) is 35.4 Å². The summed E-state index contributed by atoms with van der Waals surface area (Å²) in [6, 6.07) is 4.70. The minimum absolute atomic E-state index is 0.129. The van der Waals surface area contributed by atoms with Crippen LogP contribution in [0, 0.1) is 0 Å². The van der Waals surface area contributed by atoms with Crippen molar-refractivity contribution < 1.29 is 4.79 Å². The zero-order chi connectivity index (χ0) is 17.2. The van der Waals surface area contributed by atoms with Gasteiger partial charge in [-0.3, -0.25) is 4.79 Å². The lowest BCUT2D eigenvalue weighted by molar-refractivity contribution is -0.113. The molecular formula is C21H29NO. The Morgan fingerprint density at radius 3 is 2.52 bits per heavy atom. The summed E-state index contributed by atoms with van der Waals surface area (Å²) < 4.78 is 0. The lowest BCUT2D eigenvalue weighted by Gasteiger charge is -2.21. The van der Waals surface area contributed by atoms with Crippen molar-refractivity contribution in [1.82, 2.24) is 0 Å². The number of rotatable bonds is 5. The third-order valence-corrected chi connectivity index (χ3v) is 4.99. The van der Waals surface area contributed by atoms with Crippen molar-refractivity contribution >= 4 is 11.5 Å². The van der Waals surface area contributed by atoms with E-state index in [0.717, 1.165) is 12.0 Å². The summed E-state index contributed by atoms with van der Waals surface area (Å²) in [6.07, 6.45) is 7.29. The summed E-state index contributed by atoms with van der Waals surface area (Å²) in [7, 11) is 1.99. The maximum absolute atomic E-state index is 11.3. The molecule has 1 N–H and O–H groups in total. The molecule has 0 spiro atoms. The zero-order valence-electron chi connectivity index (χ0n) is 15.3. The Balaban J connectivity index is 2.31. The molecule has 23 heavy (non-hydrogen) atoms. The number of carbonyl (C=O) groups is 1. The molecule has 0 amide bonds. The van der Waals surface area contributed by atoms with Crippen LogP contribution in [0.3, 0.4) is 0 Å². The van der Waals surface area contributed by atoms with Crippen LogP contribution in [0.5, 0.6) is 0 Å². The predicted octanol–water partition coefficient (Wildman–Crippen LogP) is 4.98. The highest BCUT2D eigenvalue weighted by Crippen LogP contribution is 2.41. The summed E-state index contributed by atoms with van der Waals surface area (Å²) >= 11 is 0. The Labute approximate surface area is 140 Å². The fourth-order valence-corrected chi connectivity index (χ4v) is 3.23. The number of fused-ring (bicyclic) bond motifs is 1. The van der Waals surface area contributed by atoms with Crippen molar-refractivity contribution in [3.63, 3.8) is 0 Å². The van der Waals surface area contributed by atoms with Crippen molar-refractivity contribution in [2.24, 2.45) is 0 Å². The van der Waals surface area contributed by atoms with E-state index < -0.39 is 0 Å². The van der Waals surface area contributed by atoms with Gasteiger partial charge in [-0.15, -0.1) is 0 Å². The molecule has 2 nitrogen and oxygen atoms in total. The van der Waals surface area contributed by atoms with Gasteiger partial charge in [-0.25, -0.2) is 0 Å². The molecule has 0 saturated heterocycles. The van der Waals surface area contributed by atoms with E-state index in [4.69, 9.17) is 0 Å². The van der Waals surface area contributed by atoms with Gasteiger partial charge in [-0.1, -0.05) is 37.6 Å². The molecule has 1 aliphatic carbocycles. The van der Waals surface area contributed by atoms with E-state index in [-0.39, 0.29) is 11.2 Å². The average molecular weight is 311 g/mol. The summed E-state index contributed by atoms with van der Waals surface area (Å²) in [5.41, 5.74) is 7.88. The fraction of sp³-hybridized carbons (Fsp3) is 0.476. The lowest BCUT2D eigenvalue weighted by Crippen LogP contribution is -2.12. The molecule has 0 saturated carbocycles. The molecule has 0 heterocycles. The highest BCUT2D eigenvalue weighted by atomic mass is 16.1. The molecule has 1 aliphatic rings. The third-order valence-electron chi connectivity index (χ3n) is 4.99. The van der Waals surface area contributed by atoms with Crippen molar-refractivity contribution in [3.8, 4) is 0 Å². The Kier molecular flexibility index (Phi) is 5.13. The lowest BCUT2D eigenvalue weighted by atomic mass is 9.85. The predicted molar refractivity (Wildman–Crippen MR) is 99.2 cm³/mol. The first-order chi connectivity index (χ1) is 10.7. The van der Waals surface area contributed by atoms with Gasteiger partial charge >= 0.3 is 0 Å². The van der Waals surface area contributed by atoms with E-state index in [1.54, 1.807) is 6.92 Å². The van der Waals surface area contributed by atoms with E-state index in [9.17, 15) is 4.79 Å². The van der Waals surface area contributed by atoms with Crippen molar-refractivity contribution in [2.45, 2.75) is 59.3 Å². The van der Waals surface area contributed by atoms with Gasteiger partial charge in [-0.05, 0) is 73.8 Å². The number of allylic oxidation sites excluding steroid dienone is 4. The monoisotopic (exact) mass is 311 g/mol. The van der Waals surface area contributed by atoms with Gasteiger partial charge in [0.1, 0.15) is 0 Å². The van der Waals surface area contributed by atoms with E-state index >= 15 is 0 Å². The van der Waals surface area contributed by atoms with Gasteiger partial charge in [0.2, 0.25) is 0 Å². The molecule has 2 rings (SSSR count). The van der Waals surface area contributed by atoms with Crippen LogP contribution < -0.4 is 5.32 Å². The van der Waals surface area contributed by atoms with Gasteiger partial charge in [0.15, 0.2) is 5.78 Å². The molecule has 0 bridgehead atoms. The highest BCUT2D eigenvalue weighted by Gasteiger charge is 2.30. The summed E-state index contributed by atoms with van der Waals surface area (Å²) in [4.78, 5) is 11.3. The van der Waals surface area contributed by atoms with E-state index in [2.05, 4.69) is 44.3 Å². The van der Waals surface area contributed by atoms with Crippen LogP contribution in [-0.2, 0) is 23.1 Å². The Morgan fingerprint density at radius 2 is 1.91 bits per heavy atom. The fourth-order valence-electron chi connectivity index (χ4n) is 3.23. The molecule has 2 heteroatoms. The molecule has 0 fully saturated rings. The number of anilines is 1. The minimum Gasteiger partial charge on any atom is -0.388 e. The molecular weight excluding hydrogens is 282 g/mol. The molecule has 1 aromatic rings. The van der Waals surface area contributed by atoms with Gasteiger partial charge in [0, 0.05) is 12.7 Å². The second kappa shape index (κ2) is 6.74. The van der Waals surface area contributed by atoms with Crippen LogP contribution in [0.2, 0.25) is 0 Å². The number of carbonyl (C=O) groups excluding carboxylic acids is 1. The summed E-state index contributed by atoms with van der Waals surface area (Å²) in [5.74, 6) is 0.129. The average Bonchev–Trinajstić information content (AvgIpc) is 2.79. The second-order valence-electron chi connectivity index (χ2n) is 7.40. The molecule has 0 aromatic heterocycles.